The van der Waals surface area contributed by atoms with Crippen molar-refractivity contribution >= 4 is 5.82 Å². The Morgan fingerprint density at radius 3 is 2.61 bits per heavy atom. The third kappa shape index (κ3) is 4.01. The van der Waals surface area contributed by atoms with Crippen molar-refractivity contribution in [3.8, 4) is 28.3 Å². The Hall–Kier alpha value is -3.21. The maximum absolute atomic E-state index is 13.9. The predicted molar refractivity (Wildman–Crippen MR) is 115 cm³/mol. The van der Waals surface area contributed by atoms with Crippen LogP contribution in [0.15, 0.2) is 36.8 Å². The van der Waals surface area contributed by atoms with Crippen LogP contribution in [0, 0.1) is 5.92 Å². The summed E-state index contributed by atoms with van der Waals surface area (Å²) >= 11 is 0. The summed E-state index contributed by atoms with van der Waals surface area (Å²) in [5.74, 6) is -1.04. The van der Waals surface area contributed by atoms with Crippen LogP contribution in [-0.4, -0.2) is 61.4 Å². The van der Waals surface area contributed by atoms with E-state index in [1.807, 2.05) is 12.3 Å². The van der Waals surface area contributed by atoms with Gasteiger partial charge >= 0.3 is 6.18 Å². The molecule has 2 aromatic heterocycles. The molecule has 33 heavy (non-hydrogen) atoms. The molecule has 1 aromatic carbocycles. The van der Waals surface area contributed by atoms with Gasteiger partial charge in [-0.3, -0.25) is 4.68 Å². The van der Waals surface area contributed by atoms with Gasteiger partial charge in [-0.2, -0.15) is 18.3 Å². The number of aromatic nitrogens is 5. The van der Waals surface area contributed by atoms with Crippen molar-refractivity contribution in [2.24, 2.45) is 13.0 Å². The van der Waals surface area contributed by atoms with Gasteiger partial charge in [0, 0.05) is 44.0 Å². The van der Waals surface area contributed by atoms with Crippen LogP contribution in [0.3, 0.4) is 0 Å². The molecule has 0 radical (unpaired) electrons. The first-order chi connectivity index (χ1) is 15.7. The maximum atomic E-state index is 13.9. The lowest BCUT2D eigenvalue weighted by atomic mass is 9.85. The fraction of sp³-hybridized carbons (Fsp3) is 0.455. The predicted octanol–water partition coefficient (Wildman–Crippen LogP) is 3.15. The third-order valence-corrected chi connectivity index (χ3v) is 6.71. The van der Waals surface area contributed by atoms with Crippen LogP contribution in [0.5, 0.6) is 5.75 Å². The van der Waals surface area contributed by atoms with E-state index >= 15 is 0 Å². The van der Waals surface area contributed by atoms with Crippen LogP contribution in [0.1, 0.15) is 19.3 Å². The quantitative estimate of drug-likeness (QED) is 0.619. The molecule has 0 spiro atoms. The lowest BCUT2D eigenvalue weighted by Crippen LogP contribution is -2.59. The minimum Gasteiger partial charge on any atom is -0.507 e. The Kier molecular flexibility index (Phi) is 5.23. The molecule has 2 aliphatic rings. The number of benzene rings is 1. The molecule has 5 rings (SSSR count). The standard InChI is InChI=1S/C22H24F3N7O/c1-31-11-13(9-27-31)12-3-5-15(18(33)7-12)21-26-10-19(29-30-21)32(2)17-8-14-4-6-16(28-14)20(17)22(23,24)25/h3,5,7,9-11,14,16-17,20,28,33H,4,6,8H2,1-2H3/t14-,16-,17-,20+/m1/s1. The van der Waals surface area contributed by atoms with Gasteiger partial charge in [0.05, 0.1) is 23.9 Å². The SMILES string of the molecule is CN(c1cnc(-c2ccc(-c3cnn(C)c3)cc2O)nn1)[C@@H]1C[C@H]2CC[C@@H](N2)[C@@H]1C(F)(F)F. The fourth-order valence-corrected chi connectivity index (χ4v) is 5.07. The van der Waals surface area contributed by atoms with Gasteiger partial charge in [-0.25, -0.2) is 4.98 Å². The summed E-state index contributed by atoms with van der Waals surface area (Å²) in [6, 6.07) is 3.85. The van der Waals surface area contributed by atoms with Crippen molar-refractivity contribution in [2.75, 3.05) is 11.9 Å². The number of fused-ring (bicyclic) bond motifs is 2. The van der Waals surface area contributed by atoms with E-state index in [1.165, 1.54) is 6.20 Å². The lowest BCUT2D eigenvalue weighted by molar-refractivity contribution is -0.191. The zero-order valence-corrected chi connectivity index (χ0v) is 18.2. The summed E-state index contributed by atoms with van der Waals surface area (Å²) in [6.45, 7) is 0. The number of nitrogens with one attached hydrogen (secondary N) is 1. The molecular weight excluding hydrogens is 435 g/mol. The number of aryl methyl sites for hydroxylation is 1. The monoisotopic (exact) mass is 459 g/mol. The summed E-state index contributed by atoms with van der Waals surface area (Å²) in [5, 5.41) is 26.0. The number of anilines is 1. The van der Waals surface area contributed by atoms with Crippen LogP contribution in [0.2, 0.25) is 0 Å². The molecular formula is C22H24F3N7O. The molecule has 8 nitrogen and oxygen atoms in total. The maximum Gasteiger partial charge on any atom is 0.395 e. The largest absolute Gasteiger partial charge is 0.507 e. The first kappa shape index (κ1) is 21.6. The van der Waals surface area contributed by atoms with Gasteiger partial charge in [0.1, 0.15) is 5.75 Å². The van der Waals surface area contributed by atoms with E-state index in [1.54, 1.807) is 42.0 Å². The summed E-state index contributed by atoms with van der Waals surface area (Å²) in [4.78, 5) is 5.83. The van der Waals surface area contributed by atoms with Crippen LogP contribution < -0.4 is 10.2 Å². The summed E-state index contributed by atoms with van der Waals surface area (Å²) in [7, 11) is 3.42. The summed E-state index contributed by atoms with van der Waals surface area (Å²) < 4.78 is 43.2. The molecule has 3 aromatic rings. The summed E-state index contributed by atoms with van der Waals surface area (Å²) in [5.41, 5.74) is 2.02. The normalized spacial score (nSPS) is 24.8. The van der Waals surface area contributed by atoms with Crippen molar-refractivity contribution in [2.45, 2.75) is 43.6 Å². The molecule has 4 heterocycles. The molecule has 2 N–H and O–H groups in total. The molecule has 0 aliphatic carbocycles. The van der Waals surface area contributed by atoms with Gasteiger partial charge in [0.2, 0.25) is 0 Å². The Balaban J connectivity index is 1.38. The minimum atomic E-state index is -4.31. The lowest BCUT2D eigenvalue weighted by Gasteiger charge is -2.43. The number of aromatic hydroxyl groups is 1. The van der Waals surface area contributed by atoms with E-state index < -0.39 is 24.2 Å². The van der Waals surface area contributed by atoms with E-state index in [4.69, 9.17) is 0 Å². The molecule has 2 aliphatic heterocycles. The number of alkyl halides is 3. The van der Waals surface area contributed by atoms with Crippen molar-refractivity contribution in [3.63, 3.8) is 0 Å². The molecule has 174 valence electrons. The molecule has 0 amide bonds. The molecule has 2 bridgehead atoms. The highest BCUT2D eigenvalue weighted by Gasteiger charge is 2.55. The van der Waals surface area contributed by atoms with Crippen molar-refractivity contribution < 1.29 is 18.3 Å². The van der Waals surface area contributed by atoms with Crippen LogP contribution in [0.4, 0.5) is 19.0 Å². The van der Waals surface area contributed by atoms with E-state index in [0.29, 0.717) is 18.4 Å². The smallest absolute Gasteiger partial charge is 0.395 e. The van der Waals surface area contributed by atoms with Gasteiger partial charge in [-0.1, -0.05) is 6.07 Å². The van der Waals surface area contributed by atoms with E-state index in [0.717, 1.165) is 17.5 Å². The Morgan fingerprint density at radius 1 is 1.15 bits per heavy atom. The highest BCUT2D eigenvalue weighted by atomic mass is 19.4. The number of halogens is 3. The Morgan fingerprint density at radius 2 is 1.97 bits per heavy atom. The van der Waals surface area contributed by atoms with E-state index in [9.17, 15) is 18.3 Å². The van der Waals surface area contributed by atoms with Gasteiger partial charge < -0.3 is 15.3 Å². The molecule has 0 saturated carbocycles. The van der Waals surface area contributed by atoms with Crippen molar-refractivity contribution in [1.29, 1.82) is 0 Å². The van der Waals surface area contributed by atoms with Gasteiger partial charge in [0.25, 0.3) is 0 Å². The zero-order chi connectivity index (χ0) is 23.3. The minimum absolute atomic E-state index is 0.0219. The van der Waals surface area contributed by atoms with Crippen LogP contribution in [0.25, 0.3) is 22.5 Å². The number of piperidine rings is 1. The number of phenols is 1. The first-order valence-electron chi connectivity index (χ1n) is 10.8. The van der Waals surface area contributed by atoms with Gasteiger partial charge in [-0.15, -0.1) is 10.2 Å². The third-order valence-electron chi connectivity index (χ3n) is 6.71. The van der Waals surface area contributed by atoms with E-state index in [2.05, 4.69) is 25.6 Å². The average molecular weight is 459 g/mol. The topological polar surface area (TPSA) is 92.0 Å². The molecule has 2 fully saturated rings. The Labute approximate surface area is 188 Å². The second-order valence-electron chi connectivity index (χ2n) is 8.80. The molecule has 2 saturated heterocycles. The van der Waals surface area contributed by atoms with Crippen molar-refractivity contribution in [1.82, 2.24) is 30.3 Å². The van der Waals surface area contributed by atoms with Gasteiger partial charge in [-0.05, 0) is 37.0 Å². The van der Waals surface area contributed by atoms with Crippen LogP contribution in [-0.2, 0) is 7.05 Å². The van der Waals surface area contributed by atoms with E-state index in [-0.39, 0.29) is 23.4 Å². The van der Waals surface area contributed by atoms with Crippen molar-refractivity contribution in [3.05, 3.63) is 36.8 Å². The Bertz CT molecular complexity index is 1150. The fourth-order valence-electron chi connectivity index (χ4n) is 5.07. The second-order valence-corrected chi connectivity index (χ2v) is 8.80. The molecule has 0 unspecified atom stereocenters. The summed E-state index contributed by atoms with van der Waals surface area (Å²) in [6.07, 6.45) is 2.28. The first-order valence-corrected chi connectivity index (χ1v) is 10.8. The highest BCUT2D eigenvalue weighted by molar-refractivity contribution is 5.72. The average Bonchev–Trinajstić information content (AvgIpc) is 3.37. The molecule has 11 heteroatoms. The number of rotatable bonds is 4. The highest BCUT2D eigenvalue weighted by Crippen LogP contribution is 2.43. The number of hydrogen-bond acceptors (Lipinski definition) is 7. The number of hydrogen-bond donors (Lipinski definition) is 2. The zero-order valence-electron chi connectivity index (χ0n) is 18.2. The number of nitrogens with zero attached hydrogens (tertiary/aromatic N) is 6. The van der Waals surface area contributed by atoms with Gasteiger partial charge in [0.15, 0.2) is 11.6 Å². The molecule has 4 atom stereocenters. The number of phenolic OH excluding ortho intramolecular Hbond substituents is 1. The van der Waals surface area contributed by atoms with Crippen LogP contribution >= 0.6 is 0 Å². The second kappa shape index (κ2) is 7.98.